The summed E-state index contributed by atoms with van der Waals surface area (Å²) in [6.07, 6.45) is 7.38. The van der Waals surface area contributed by atoms with Gasteiger partial charge in [-0.05, 0) is 44.6 Å². The molecule has 1 aliphatic heterocycles. The fraction of sp³-hybridized carbons (Fsp3) is 0.923. The number of carboxylic acid groups (broad SMARTS) is 1. The number of rotatable bonds is 5. The zero-order valence-electron chi connectivity index (χ0n) is 10.3. The molecule has 0 spiro atoms. The lowest BCUT2D eigenvalue weighted by Gasteiger charge is -2.32. The molecule has 4 nitrogen and oxygen atoms in total. The third-order valence-corrected chi connectivity index (χ3v) is 4.33. The second kappa shape index (κ2) is 5.83. The molecule has 3 unspecified atom stereocenters. The molecule has 1 saturated heterocycles. The number of aliphatic carboxylic acids is 1. The van der Waals surface area contributed by atoms with E-state index in [0.717, 1.165) is 32.2 Å². The van der Waals surface area contributed by atoms with Gasteiger partial charge in [0.05, 0.1) is 0 Å². The highest BCUT2D eigenvalue weighted by atomic mass is 16.4. The highest BCUT2D eigenvalue weighted by molar-refractivity contribution is 5.74. The van der Waals surface area contributed by atoms with Gasteiger partial charge in [0.2, 0.25) is 0 Å². The predicted molar refractivity (Wildman–Crippen MR) is 64.8 cm³/mol. The van der Waals surface area contributed by atoms with Crippen LogP contribution >= 0.6 is 0 Å². The van der Waals surface area contributed by atoms with E-state index < -0.39 is 5.97 Å². The predicted octanol–water partition coefficient (Wildman–Crippen LogP) is 1.48. The van der Waals surface area contributed by atoms with Crippen molar-refractivity contribution in [2.75, 3.05) is 13.2 Å². The molecule has 3 atom stereocenters. The van der Waals surface area contributed by atoms with E-state index in [2.05, 4.69) is 4.90 Å². The van der Waals surface area contributed by atoms with E-state index in [-0.39, 0.29) is 12.6 Å². The van der Waals surface area contributed by atoms with Crippen LogP contribution in [0, 0.1) is 5.92 Å². The van der Waals surface area contributed by atoms with Crippen molar-refractivity contribution in [3.8, 4) is 0 Å². The van der Waals surface area contributed by atoms with Crippen molar-refractivity contribution in [3.63, 3.8) is 0 Å². The summed E-state index contributed by atoms with van der Waals surface area (Å²) in [6.45, 7) is 1.04. The lowest BCUT2D eigenvalue weighted by molar-refractivity contribution is -0.142. The highest BCUT2D eigenvalue weighted by Crippen LogP contribution is 2.39. The van der Waals surface area contributed by atoms with Gasteiger partial charge in [-0.15, -0.1) is 0 Å². The van der Waals surface area contributed by atoms with Crippen LogP contribution in [-0.4, -0.2) is 46.3 Å². The van der Waals surface area contributed by atoms with Crippen molar-refractivity contribution in [1.82, 2.24) is 4.90 Å². The van der Waals surface area contributed by atoms with Crippen LogP contribution < -0.4 is 0 Å². The van der Waals surface area contributed by atoms with Crippen molar-refractivity contribution in [3.05, 3.63) is 0 Å². The van der Waals surface area contributed by atoms with Crippen LogP contribution in [0.25, 0.3) is 0 Å². The van der Waals surface area contributed by atoms with Gasteiger partial charge in [-0.3, -0.25) is 9.69 Å². The van der Waals surface area contributed by atoms with E-state index in [1.165, 1.54) is 19.3 Å². The molecular formula is C13H23NO3. The number of aliphatic hydroxyl groups is 1. The van der Waals surface area contributed by atoms with Gasteiger partial charge in [-0.25, -0.2) is 0 Å². The Morgan fingerprint density at radius 2 is 2.00 bits per heavy atom. The molecule has 0 aromatic rings. The maximum atomic E-state index is 11.3. The van der Waals surface area contributed by atoms with Gasteiger partial charge in [0.15, 0.2) is 0 Å². The fourth-order valence-electron chi connectivity index (χ4n) is 3.52. The minimum atomic E-state index is -0.664. The van der Waals surface area contributed by atoms with E-state index in [4.69, 9.17) is 5.11 Å². The molecule has 17 heavy (non-hydrogen) atoms. The first-order valence-electron chi connectivity index (χ1n) is 6.83. The number of carboxylic acids is 1. The Hall–Kier alpha value is -0.610. The van der Waals surface area contributed by atoms with Gasteiger partial charge in [0.1, 0.15) is 6.04 Å². The first-order chi connectivity index (χ1) is 8.24. The quantitative estimate of drug-likeness (QED) is 0.716. The summed E-state index contributed by atoms with van der Waals surface area (Å²) in [4.78, 5) is 13.5. The third-order valence-electron chi connectivity index (χ3n) is 4.33. The van der Waals surface area contributed by atoms with Crippen LogP contribution in [0.4, 0.5) is 0 Å². The minimum absolute atomic E-state index is 0.208. The molecule has 0 bridgehead atoms. The molecule has 2 aliphatic rings. The average molecular weight is 241 g/mol. The van der Waals surface area contributed by atoms with Crippen molar-refractivity contribution in [2.24, 2.45) is 5.92 Å². The Kier molecular flexibility index (Phi) is 4.40. The Morgan fingerprint density at radius 1 is 1.24 bits per heavy atom. The first kappa shape index (κ1) is 12.8. The molecule has 2 rings (SSSR count). The maximum Gasteiger partial charge on any atom is 0.320 e. The number of fused-ring (bicyclic) bond motifs is 1. The number of nitrogens with zero attached hydrogens (tertiary/aromatic N) is 1. The van der Waals surface area contributed by atoms with E-state index >= 15 is 0 Å². The number of carbonyl (C=O) groups is 1. The third kappa shape index (κ3) is 2.80. The van der Waals surface area contributed by atoms with Crippen LogP contribution in [0.2, 0.25) is 0 Å². The number of likely N-dealkylation sites (tertiary alicyclic amines) is 1. The minimum Gasteiger partial charge on any atom is -0.480 e. The standard InChI is InChI=1S/C13H23NO3/c15-8-4-3-7-14-11-6-2-1-5-10(11)9-12(14)13(16)17/h10-12,15H,1-9H2,(H,16,17). The summed E-state index contributed by atoms with van der Waals surface area (Å²) in [5.41, 5.74) is 0. The normalized spacial score (nSPS) is 33.6. The second-order valence-corrected chi connectivity index (χ2v) is 5.37. The van der Waals surface area contributed by atoms with Crippen molar-refractivity contribution < 1.29 is 15.0 Å². The Labute approximate surface area is 103 Å². The zero-order chi connectivity index (χ0) is 12.3. The summed E-state index contributed by atoms with van der Waals surface area (Å²) in [6, 6.07) is 0.213. The Bertz CT molecular complexity index is 269. The zero-order valence-corrected chi connectivity index (χ0v) is 10.3. The number of hydrogen-bond acceptors (Lipinski definition) is 3. The monoisotopic (exact) mass is 241 g/mol. The van der Waals surface area contributed by atoms with Crippen LogP contribution in [0.3, 0.4) is 0 Å². The lowest BCUT2D eigenvalue weighted by Crippen LogP contribution is -2.42. The van der Waals surface area contributed by atoms with E-state index in [9.17, 15) is 9.90 Å². The average Bonchev–Trinajstić information content (AvgIpc) is 2.69. The Balaban J connectivity index is 1.98. The first-order valence-corrected chi connectivity index (χ1v) is 6.83. The SMILES string of the molecule is O=C(O)C1CC2CCCCC2N1CCCCO. The van der Waals surface area contributed by atoms with Crippen LogP contribution in [0.15, 0.2) is 0 Å². The molecule has 0 aromatic carbocycles. The molecule has 4 heteroatoms. The Morgan fingerprint density at radius 3 is 2.71 bits per heavy atom. The molecule has 0 aromatic heterocycles. The van der Waals surface area contributed by atoms with Crippen LogP contribution in [0.1, 0.15) is 44.9 Å². The summed E-state index contributed by atoms with van der Waals surface area (Å²) in [5, 5.41) is 18.1. The van der Waals surface area contributed by atoms with Crippen LogP contribution in [0.5, 0.6) is 0 Å². The van der Waals surface area contributed by atoms with Crippen molar-refractivity contribution >= 4 is 5.97 Å². The molecule has 1 saturated carbocycles. The summed E-state index contributed by atoms with van der Waals surface area (Å²) in [5.74, 6) is -0.0672. The van der Waals surface area contributed by atoms with Gasteiger partial charge in [0.25, 0.3) is 0 Å². The fourth-order valence-corrected chi connectivity index (χ4v) is 3.52. The molecular weight excluding hydrogens is 218 g/mol. The summed E-state index contributed by atoms with van der Waals surface area (Å²) in [7, 11) is 0. The lowest BCUT2D eigenvalue weighted by atomic mass is 9.85. The molecule has 98 valence electrons. The summed E-state index contributed by atoms with van der Waals surface area (Å²) < 4.78 is 0. The van der Waals surface area contributed by atoms with Crippen LogP contribution in [-0.2, 0) is 4.79 Å². The van der Waals surface area contributed by atoms with Gasteiger partial charge in [-0.1, -0.05) is 12.8 Å². The maximum absolute atomic E-state index is 11.3. The van der Waals surface area contributed by atoms with Gasteiger partial charge >= 0.3 is 5.97 Å². The topological polar surface area (TPSA) is 60.8 Å². The van der Waals surface area contributed by atoms with Crippen molar-refractivity contribution in [2.45, 2.75) is 57.0 Å². The van der Waals surface area contributed by atoms with E-state index in [1.807, 2.05) is 0 Å². The summed E-state index contributed by atoms with van der Waals surface area (Å²) >= 11 is 0. The smallest absolute Gasteiger partial charge is 0.320 e. The molecule has 2 fully saturated rings. The van der Waals surface area contributed by atoms with E-state index in [0.29, 0.717) is 12.0 Å². The number of aliphatic hydroxyl groups excluding tert-OH is 1. The molecule has 0 radical (unpaired) electrons. The largest absolute Gasteiger partial charge is 0.480 e. The van der Waals surface area contributed by atoms with Gasteiger partial charge in [0, 0.05) is 12.6 Å². The molecule has 0 amide bonds. The van der Waals surface area contributed by atoms with E-state index in [1.54, 1.807) is 0 Å². The number of hydrogen-bond donors (Lipinski definition) is 2. The van der Waals surface area contributed by atoms with Gasteiger partial charge < -0.3 is 10.2 Å². The highest BCUT2D eigenvalue weighted by Gasteiger charge is 2.44. The molecule has 1 heterocycles. The molecule has 1 aliphatic carbocycles. The second-order valence-electron chi connectivity index (χ2n) is 5.37. The molecule has 2 N–H and O–H groups in total. The number of unbranched alkanes of at least 4 members (excludes halogenated alkanes) is 1. The van der Waals surface area contributed by atoms with Gasteiger partial charge in [-0.2, -0.15) is 0 Å². The van der Waals surface area contributed by atoms with Crippen molar-refractivity contribution in [1.29, 1.82) is 0 Å².